The van der Waals surface area contributed by atoms with Gasteiger partial charge in [-0.05, 0) is 35.9 Å². The molecule has 0 unspecified atom stereocenters. The van der Waals surface area contributed by atoms with Gasteiger partial charge in [0.2, 0.25) is 0 Å². The topological polar surface area (TPSA) is 113 Å². The first kappa shape index (κ1) is 24.1. The molecule has 11 heteroatoms. The standard InChI is InChI=1S/C22H23FN2O7S/c1-30-16-9-10-19-18(11-16)15(12-22(14-23,20(26)31-2)24-21(27)32-3)13-25(19)33(28,29)17-7-5-4-6-8-17/h4-11,13H,12,14H2,1-3H3,(H,24,27)/t22-/m1/s1. The van der Waals surface area contributed by atoms with Crippen molar-refractivity contribution in [3.63, 3.8) is 0 Å². The van der Waals surface area contributed by atoms with Crippen LogP contribution in [0.25, 0.3) is 10.9 Å². The molecule has 9 nitrogen and oxygen atoms in total. The first-order valence-electron chi connectivity index (χ1n) is 9.71. The number of hydrogen-bond acceptors (Lipinski definition) is 7. The first-order chi connectivity index (χ1) is 15.7. The highest BCUT2D eigenvalue weighted by Crippen LogP contribution is 2.32. The molecular formula is C22H23FN2O7S. The molecule has 0 aliphatic carbocycles. The Labute approximate surface area is 190 Å². The number of aromatic nitrogens is 1. The largest absolute Gasteiger partial charge is 0.497 e. The number of rotatable bonds is 8. The maximum Gasteiger partial charge on any atom is 0.407 e. The fourth-order valence-corrected chi connectivity index (χ4v) is 4.90. The third-order valence-corrected chi connectivity index (χ3v) is 6.87. The van der Waals surface area contributed by atoms with Crippen LogP contribution in [0.3, 0.4) is 0 Å². The van der Waals surface area contributed by atoms with Gasteiger partial charge in [0, 0.05) is 18.0 Å². The smallest absolute Gasteiger partial charge is 0.407 e. The minimum absolute atomic E-state index is 0.0432. The van der Waals surface area contributed by atoms with E-state index >= 15 is 0 Å². The predicted octanol–water partition coefficient (Wildman–Crippen LogP) is 2.67. The first-order valence-corrected chi connectivity index (χ1v) is 11.2. The Kier molecular flexibility index (Phi) is 6.92. The molecule has 3 aromatic rings. The molecule has 1 aromatic heterocycles. The number of esters is 1. The Morgan fingerprint density at radius 3 is 2.33 bits per heavy atom. The number of alkyl carbamates (subject to hydrolysis) is 1. The number of methoxy groups -OCH3 is 3. The molecule has 0 radical (unpaired) electrons. The monoisotopic (exact) mass is 478 g/mol. The summed E-state index contributed by atoms with van der Waals surface area (Å²) in [5.41, 5.74) is -1.59. The molecule has 1 N–H and O–H groups in total. The molecule has 0 saturated heterocycles. The summed E-state index contributed by atoms with van der Waals surface area (Å²) >= 11 is 0. The van der Waals surface area contributed by atoms with Gasteiger partial charge in [-0.1, -0.05) is 18.2 Å². The number of alkyl halides is 1. The number of carbonyl (C=O) groups is 2. The van der Waals surface area contributed by atoms with E-state index < -0.39 is 40.7 Å². The lowest BCUT2D eigenvalue weighted by Crippen LogP contribution is -2.58. The molecule has 0 spiro atoms. The number of nitrogens with zero attached hydrogens (tertiary/aromatic N) is 1. The third-order valence-electron chi connectivity index (χ3n) is 5.18. The Morgan fingerprint density at radius 1 is 1.06 bits per heavy atom. The second kappa shape index (κ2) is 9.49. The number of benzene rings is 2. The van der Waals surface area contributed by atoms with E-state index in [0.717, 1.165) is 18.2 Å². The lowest BCUT2D eigenvalue weighted by atomic mass is 9.91. The molecule has 176 valence electrons. The number of hydrogen-bond donors (Lipinski definition) is 1. The SMILES string of the molecule is COC(=O)N[C@@](CF)(Cc1cn(S(=O)(=O)c2ccccc2)c2ccc(OC)cc12)C(=O)OC. The minimum Gasteiger partial charge on any atom is -0.497 e. The summed E-state index contributed by atoms with van der Waals surface area (Å²) in [6, 6.07) is 12.5. The van der Waals surface area contributed by atoms with E-state index in [9.17, 15) is 22.4 Å². The van der Waals surface area contributed by atoms with E-state index in [1.54, 1.807) is 36.4 Å². The maximum absolute atomic E-state index is 14.3. The minimum atomic E-state index is -4.03. The lowest BCUT2D eigenvalue weighted by Gasteiger charge is -2.28. The summed E-state index contributed by atoms with van der Waals surface area (Å²) in [5.74, 6) is -0.631. The van der Waals surface area contributed by atoms with E-state index in [1.165, 1.54) is 25.4 Å². The van der Waals surface area contributed by atoms with Gasteiger partial charge in [0.1, 0.15) is 12.4 Å². The molecule has 0 fully saturated rings. The van der Waals surface area contributed by atoms with E-state index in [0.29, 0.717) is 11.1 Å². The number of halogens is 1. The zero-order chi connectivity index (χ0) is 24.2. The van der Waals surface area contributed by atoms with Gasteiger partial charge in [-0.15, -0.1) is 0 Å². The van der Waals surface area contributed by atoms with Crippen molar-refractivity contribution in [3.05, 3.63) is 60.3 Å². The molecular weight excluding hydrogens is 455 g/mol. The Morgan fingerprint density at radius 2 is 1.76 bits per heavy atom. The Bertz CT molecular complexity index is 1270. The van der Waals surface area contributed by atoms with Crippen molar-refractivity contribution in [1.29, 1.82) is 0 Å². The van der Waals surface area contributed by atoms with E-state index in [2.05, 4.69) is 10.1 Å². The van der Waals surface area contributed by atoms with Crippen molar-refractivity contribution < 1.29 is 36.6 Å². The van der Waals surface area contributed by atoms with Gasteiger partial charge in [-0.2, -0.15) is 0 Å². The fraction of sp³-hybridized carbons (Fsp3) is 0.273. The van der Waals surface area contributed by atoms with Crippen LogP contribution < -0.4 is 10.1 Å². The number of carbonyl (C=O) groups excluding carboxylic acids is 2. The average Bonchev–Trinajstić information content (AvgIpc) is 3.21. The quantitative estimate of drug-likeness (QED) is 0.495. The summed E-state index contributed by atoms with van der Waals surface area (Å²) in [4.78, 5) is 24.4. The summed E-state index contributed by atoms with van der Waals surface area (Å²) in [7, 11) is -0.462. The molecule has 33 heavy (non-hydrogen) atoms. The van der Waals surface area contributed by atoms with Gasteiger partial charge < -0.3 is 19.5 Å². The average molecular weight is 478 g/mol. The molecule has 1 atom stereocenters. The predicted molar refractivity (Wildman–Crippen MR) is 117 cm³/mol. The molecule has 0 saturated carbocycles. The van der Waals surface area contributed by atoms with Crippen molar-refractivity contribution in [1.82, 2.24) is 9.29 Å². The molecule has 0 aliphatic heterocycles. The van der Waals surface area contributed by atoms with Crippen molar-refractivity contribution in [2.75, 3.05) is 28.0 Å². The molecule has 0 aliphatic rings. The van der Waals surface area contributed by atoms with E-state index in [1.807, 2.05) is 0 Å². The highest BCUT2D eigenvalue weighted by Gasteiger charge is 2.43. The van der Waals surface area contributed by atoms with Crippen LogP contribution in [0.2, 0.25) is 0 Å². The summed E-state index contributed by atoms with van der Waals surface area (Å²) in [6.45, 7) is -1.32. The second-order valence-electron chi connectivity index (χ2n) is 7.15. The zero-order valence-corrected chi connectivity index (χ0v) is 19.0. The van der Waals surface area contributed by atoms with Gasteiger partial charge in [0.15, 0.2) is 5.54 Å². The van der Waals surface area contributed by atoms with Crippen LogP contribution in [0.1, 0.15) is 5.56 Å². The number of fused-ring (bicyclic) bond motifs is 1. The van der Waals surface area contributed by atoms with Gasteiger partial charge in [-0.25, -0.2) is 26.4 Å². The fourth-order valence-electron chi connectivity index (χ4n) is 3.49. The van der Waals surface area contributed by atoms with Crippen LogP contribution in [0.5, 0.6) is 5.75 Å². The molecule has 0 bridgehead atoms. The van der Waals surface area contributed by atoms with Gasteiger partial charge >= 0.3 is 12.1 Å². The normalized spacial score (nSPS) is 13.2. The summed E-state index contributed by atoms with van der Waals surface area (Å²) in [6.07, 6.45) is -0.165. The van der Waals surface area contributed by atoms with Gasteiger partial charge in [0.25, 0.3) is 10.0 Å². The van der Waals surface area contributed by atoms with Crippen molar-refractivity contribution in [2.24, 2.45) is 0 Å². The molecule has 2 aromatic carbocycles. The van der Waals surface area contributed by atoms with Crippen molar-refractivity contribution in [3.8, 4) is 5.75 Å². The third kappa shape index (κ3) is 4.49. The van der Waals surface area contributed by atoms with Crippen LogP contribution in [0.4, 0.5) is 9.18 Å². The molecule has 3 rings (SSSR count). The van der Waals surface area contributed by atoms with Crippen LogP contribution in [-0.2, 0) is 30.7 Å². The van der Waals surface area contributed by atoms with E-state index in [-0.39, 0.29) is 16.0 Å². The Hall–Kier alpha value is -3.60. The van der Waals surface area contributed by atoms with Crippen molar-refractivity contribution >= 4 is 33.0 Å². The number of amides is 1. The highest BCUT2D eigenvalue weighted by atomic mass is 32.2. The van der Waals surface area contributed by atoms with Crippen molar-refractivity contribution in [2.45, 2.75) is 16.9 Å². The number of ether oxygens (including phenoxy) is 3. The van der Waals surface area contributed by atoms with Crippen LogP contribution in [-0.4, -0.2) is 58.0 Å². The maximum atomic E-state index is 14.3. The zero-order valence-electron chi connectivity index (χ0n) is 18.2. The van der Waals surface area contributed by atoms with Crippen LogP contribution in [0.15, 0.2) is 59.6 Å². The van der Waals surface area contributed by atoms with Gasteiger partial charge in [0.05, 0.1) is 31.7 Å². The van der Waals surface area contributed by atoms with Crippen LogP contribution in [0, 0.1) is 0 Å². The Balaban J connectivity index is 2.24. The van der Waals surface area contributed by atoms with Crippen LogP contribution >= 0.6 is 0 Å². The lowest BCUT2D eigenvalue weighted by molar-refractivity contribution is -0.149. The summed E-state index contributed by atoms with van der Waals surface area (Å²) < 4.78 is 56.5. The number of nitrogens with one attached hydrogen (secondary N) is 1. The second-order valence-corrected chi connectivity index (χ2v) is 8.97. The van der Waals surface area contributed by atoms with E-state index in [4.69, 9.17) is 9.47 Å². The highest BCUT2D eigenvalue weighted by molar-refractivity contribution is 7.90. The van der Waals surface area contributed by atoms with Gasteiger partial charge in [-0.3, -0.25) is 0 Å². The molecule has 1 amide bonds. The summed E-state index contributed by atoms with van der Waals surface area (Å²) in [5, 5.41) is 2.59. The molecule has 1 heterocycles.